The lowest BCUT2D eigenvalue weighted by molar-refractivity contribution is -0.0192. The number of carbonyl (C=O) groups excluding carboxylic acids is 4. The second-order valence-corrected chi connectivity index (χ2v) is 18.3. The second kappa shape index (κ2) is 17.9. The molecule has 4 N–H and O–H groups in total. The molecule has 2 unspecified atom stereocenters. The van der Waals surface area contributed by atoms with Gasteiger partial charge in [0.25, 0.3) is 11.8 Å². The highest BCUT2D eigenvalue weighted by Gasteiger charge is 2.44. The summed E-state index contributed by atoms with van der Waals surface area (Å²) in [6.45, 7) is 7.19. The maximum Gasteiger partial charge on any atom is 0.319 e. The van der Waals surface area contributed by atoms with Gasteiger partial charge in [0.15, 0.2) is 11.5 Å². The fourth-order valence-electron chi connectivity index (χ4n) is 8.68. The van der Waals surface area contributed by atoms with Crippen LogP contribution in [0.5, 0.6) is 23.0 Å². The van der Waals surface area contributed by atoms with Gasteiger partial charge in [-0.3, -0.25) is 9.59 Å². The molecule has 0 radical (unpaired) electrons. The summed E-state index contributed by atoms with van der Waals surface area (Å²) in [6.07, 6.45) is 9.44. The number of rotatable bonds is 13. The van der Waals surface area contributed by atoms with Crippen molar-refractivity contribution in [3.05, 3.63) is 106 Å². The van der Waals surface area contributed by atoms with E-state index >= 15 is 0 Å². The van der Waals surface area contributed by atoms with Gasteiger partial charge in [0.2, 0.25) is 0 Å². The van der Waals surface area contributed by atoms with E-state index in [0.29, 0.717) is 99.6 Å². The predicted octanol–water partition coefficient (Wildman–Crippen LogP) is 7.83. The van der Waals surface area contributed by atoms with Gasteiger partial charge in [-0.05, 0) is 81.8 Å². The van der Waals surface area contributed by atoms with Crippen LogP contribution in [0, 0.1) is 13.8 Å². The molecule has 10 rings (SSSR count). The highest BCUT2D eigenvalue weighted by molar-refractivity contribution is 6.34. The van der Waals surface area contributed by atoms with Crippen LogP contribution in [-0.4, -0.2) is 116 Å². The van der Waals surface area contributed by atoms with Crippen molar-refractivity contribution in [1.29, 1.82) is 0 Å². The number of benzene rings is 2. The van der Waals surface area contributed by atoms with Gasteiger partial charge >= 0.3 is 12.1 Å². The van der Waals surface area contributed by atoms with Crippen molar-refractivity contribution in [2.75, 3.05) is 37.4 Å². The quantitative estimate of drug-likeness (QED) is 0.0887. The zero-order valence-corrected chi connectivity index (χ0v) is 38.6. The molecule has 348 valence electrons. The molecule has 4 fully saturated rings. The number of likely N-dealkylation sites (tertiary alicyclic amines) is 2. The highest BCUT2D eigenvalue weighted by atomic mass is 35.5. The van der Waals surface area contributed by atoms with Crippen LogP contribution >= 0.6 is 23.2 Å². The number of aromatic nitrogens is 4. The molecule has 4 aliphatic rings. The lowest BCUT2D eigenvalue weighted by Gasteiger charge is -2.38. The molecule has 6 heterocycles. The van der Waals surface area contributed by atoms with Crippen LogP contribution in [0.3, 0.4) is 0 Å². The number of hydrogen-bond acceptors (Lipinski definition) is 10. The summed E-state index contributed by atoms with van der Waals surface area (Å²) in [5, 5.41) is 20.9. The standard InChI is InChI=1S/C47H48Cl2N10O8/c1-24-15-30(21-57(24)45(61)33-23-59-43(26(33)3)40(12-14-51-59)66-28-7-9-36(34(48)16-28)53-46(62)52-27-5-6-27)67-41-18-38(41)55-47(63)54-37-10-8-29(17-35(37)49)65-39-11-13-50-58-22-32(25(2)42(39)58)44(60)56-19-31(20-56)64-4/h7-14,16-17,22-24,27,30-31,38,41H,5-6,15,18-21H2,1-4H3,(H2,52,53,62)(H2,54,55,63)/t24-,30+,38?,41?/m1/s1. The van der Waals surface area contributed by atoms with Gasteiger partial charge in [-0.25, -0.2) is 18.6 Å². The van der Waals surface area contributed by atoms with Crippen LogP contribution in [-0.2, 0) is 9.47 Å². The van der Waals surface area contributed by atoms with Crippen molar-refractivity contribution >= 4 is 69.5 Å². The van der Waals surface area contributed by atoms with Gasteiger partial charge in [-0.1, -0.05) is 23.2 Å². The van der Waals surface area contributed by atoms with Gasteiger partial charge < -0.3 is 50.0 Å². The Bertz CT molecular complexity index is 2950. The van der Waals surface area contributed by atoms with E-state index in [1.165, 1.54) is 0 Å². The average Bonchev–Trinajstić information content (AvgIpc) is 4.13. The maximum absolute atomic E-state index is 14.1. The zero-order valence-electron chi connectivity index (χ0n) is 37.0. The smallest absolute Gasteiger partial charge is 0.319 e. The molecule has 20 heteroatoms. The Labute approximate surface area is 394 Å². The molecule has 67 heavy (non-hydrogen) atoms. The SMILES string of the molecule is COC1CN(C(=O)c2cn3nccc(Oc4ccc(NC(=O)NC5CC5O[C@H]5C[C@@H](C)N(C(=O)c6cn7nccc(Oc8ccc(NC(=O)NC9CC9)c(Cl)c8)c7c6C)C5)c(Cl)c4)c3c2C)C1. The maximum atomic E-state index is 14.1. The molecule has 6 amide bonds. The first-order valence-corrected chi connectivity index (χ1v) is 22.9. The molecule has 2 saturated carbocycles. The summed E-state index contributed by atoms with van der Waals surface area (Å²) in [5.41, 5.74) is 4.62. The molecular formula is C47H48Cl2N10O8. The molecule has 0 spiro atoms. The molecule has 18 nitrogen and oxygen atoms in total. The van der Waals surface area contributed by atoms with Gasteiger partial charge in [-0.2, -0.15) is 10.2 Å². The Kier molecular flexibility index (Phi) is 11.8. The van der Waals surface area contributed by atoms with Crippen molar-refractivity contribution in [3.8, 4) is 23.0 Å². The van der Waals surface area contributed by atoms with Crippen molar-refractivity contribution < 1.29 is 38.1 Å². The lowest BCUT2D eigenvalue weighted by Crippen LogP contribution is -2.54. The van der Waals surface area contributed by atoms with Crippen molar-refractivity contribution in [1.82, 2.24) is 39.7 Å². The van der Waals surface area contributed by atoms with Crippen molar-refractivity contribution in [2.24, 2.45) is 0 Å². The number of halogens is 2. The minimum absolute atomic E-state index is 0.0439. The summed E-state index contributed by atoms with van der Waals surface area (Å²) < 4.78 is 27.5. The number of urea groups is 2. The third kappa shape index (κ3) is 9.13. The summed E-state index contributed by atoms with van der Waals surface area (Å²) in [6, 6.07) is 12.6. The molecule has 0 bridgehead atoms. The Balaban J connectivity index is 0.717. The van der Waals surface area contributed by atoms with Crippen LogP contribution in [0.25, 0.3) is 11.0 Å². The molecule has 2 aliphatic carbocycles. The van der Waals surface area contributed by atoms with E-state index in [1.807, 2.05) is 25.7 Å². The molecule has 4 aromatic heterocycles. The van der Waals surface area contributed by atoms with Crippen LogP contribution < -0.4 is 30.7 Å². The third-order valence-corrected chi connectivity index (χ3v) is 13.3. The summed E-state index contributed by atoms with van der Waals surface area (Å²) in [4.78, 5) is 56.2. The number of aryl methyl sites for hydroxylation is 2. The summed E-state index contributed by atoms with van der Waals surface area (Å²) in [7, 11) is 1.64. The average molecular weight is 952 g/mol. The van der Waals surface area contributed by atoms with Gasteiger partial charge in [0, 0.05) is 75.5 Å². The third-order valence-electron chi connectivity index (χ3n) is 12.7. The molecule has 6 aromatic rings. The van der Waals surface area contributed by atoms with Crippen molar-refractivity contribution in [2.45, 2.75) is 82.9 Å². The fourth-order valence-corrected chi connectivity index (χ4v) is 9.11. The van der Waals surface area contributed by atoms with Gasteiger partial charge in [0.05, 0.1) is 69.3 Å². The first kappa shape index (κ1) is 44.2. The minimum Gasteiger partial charge on any atom is -0.455 e. The number of nitrogens with zero attached hydrogens (tertiary/aromatic N) is 6. The Morgan fingerprint density at radius 1 is 0.701 bits per heavy atom. The molecule has 2 aromatic carbocycles. The number of ether oxygens (including phenoxy) is 4. The molecular weight excluding hydrogens is 903 g/mol. The van der Waals surface area contributed by atoms with E-state index in [2.05, 4.69) is 31.5 Å². The van der Waals surface area contributed by atoms with Crippen LogP contribution in [0.2, 0.25) is 10.0 Å². The van der Waals surface area contributed by atoms with E-state index in [9.17, 15) is 19.2 Å². The van der Waals surface area contributed by atoms with Crippen LogP contribution in [0.4, 0.5) is 21.0 Å². The number of methoxy groups -OCH3 is 1. The van der Waals surface area contributed by atoms with E-state index in [0.717, 1.165) is 18.4 Å². The zero-order chi connectivity index (χ0) is 46.7. The monoisotopic (exact) mass is 950 g/mol. The van der Waals surface area contributed by atoms with Crippen LogP contribution in [0.15, 0.2) is 73.3 Å². The summed E-state index contributed by atoms with van der Waals surface area (Å²) in [5.74, 6) is 1.62. The first-order chi connectivity index (χ1) is 32.3. The fraction of sp³-hybridized carbons (Fsp3) is 0.362. The Morgan fingerprint density at radius 2 is 1.25 bits per heavy atom. The van der Waals surface area contributed by atoms with E-state index in [-0.39, 0.29) is 59.3 Å². The number of fused-ring (bicyclic) bond motifs is 2. The van der Waals surface area contributed by atoms with E-state index in [1.54, 1.807) is 94.4 Å². The highest BCUT2D eigenvalue weighted by Crippen LogP contribution is 2.38. The Morgan fingerprint density at radius 3 is 1.79 bits per heavy atom. The number of anilines is 2. The van der Waals surface area contributed by atoms with Crippen LogP contribution in [0.1, 0.15) is 64.4 Å². The molecule has 2 aliphatic heterocycles. The van der Waals surface area contributed by atoms with E-state index < -0.39 is 6.03 Å². The molecule has 4 atom stereocenters. The first-order valence-electron chi connectivity index (χ1n) is 22.1. The largest absolute Gasteiger partial charge is 0.455 e. The number of carbonyl (C=O) groups is 4. The molecule has 2 saturated heterocycles. The van der Waals surface area contributed by atoms with E-state index in [4.69, 9.17) is 42.1 Å². The Hall–Kier alpha value is -6.60. The topological polar surface area (TPSA) is 194 Å². The number of nitrogens with one attached hydrogen (secondary N) is 4. The normalized spacial score (nSPS) is 20.1. The van der Waals surface area contributed by atoms with Gasteiger partial charge in [-0.15, -0.1) is 0 Å². The number of amides is 6. The predicted molar refractivity (Wildman–Crippen MR) is 249 cm³/mol. The number of hydrogen-bond donors (Lipinski definition) is 4. The minimum atomic E-state index is -0.433. The van der Waals surface area contributed by atoms with Crippen molar-refractivity contribution in [3.63, 3.8) is 0 Å². The lowest BCUT2D eigenvalue weighted by atomic mass is 10.1. The second-order valence-electron chi connectivity index (χ2n) is 17.5. The summed E-state index contributed by atoms with van der Waals surface area (Å²) >= 11 is 13.1. The van der Waals surface area contributed by atoms with Gasteiger partial charge in [0.1, 0.15) is 22.5 Å².